The summed E-state index contributed by atoms with van der Waals surface area (Å²) in [4.78, 5) is 23.2. The Labute approximate surface area is 172 Å². The summed E-state index contributed by atoms with van der Waals surface area (Å²) in [5.41, 5.74) is 1.85. The molecule has 0 fully saturated rings. The van der Waals surface area contributed by atoms with Gasteiger partial charge < -0.3 is 20.3 Å². The first-order valence-electron chi connectivity index (χ1n) is 10.2. The van der Waals surface area contributed by atoms with Crippen LogP contribution in [0.15, 0.2) is 23.8 Å². The summed E-state index contributed by atoms with van der Waals surface area (Å²) in [5.74, 6) is -0.173. The molecule has 0 bridgehead atoms. The van der Waals surface area contributed by atoms with E-state index in [1.807, 2.05) is 18.2 Å². The van der Waals surface area contributed by atoms with Gasteiger partial charge in [0.15, 0.2) is 0 Å². The lowest BCUT2D eigenvalue weighted by molar-refractivity contribution is -0.136. The standard InChI is InChI=1S/C23H31NO5/c1-22(2,3)14-11-17(25)20-15-10-13(21(28)24-9-8-19(26)27)6-7-16(15)23(4,5)29-18(20)12-14/h6,11-12,15-16,25H,7-10H2,1-5H3,(H,24,28)(H,26,27)/t15-,16-/m1/s1. The number of carboxylic acid groups (broad SMARTS) is 1. The molecule has 0 saturated carbocycles. The number of amides is 1. The van der Waals surface area contributed by atoms with Crippen molar-refractivity contribution < 1.29 is 24.5 Å². The van der Waals surface area contributed by atoms with Crippen molar-refractivity contribution in [3.63, 3.8) is 0 Å². The Hall–Kier alpha value is -2.50. The van der Waals surface area contributed by atoms with Gasteiger partial charge >= 0.3 is 5.97 Å². The summed E-state index contributed by atoms with van der Waals surface area (Å²) in [6.07, 6.45) is 2.98. The highest BCUT2D eigenvalue weighted by molar-refractivity contribution is 5.94. The summed E-state index contributed by atoms with van der Waals surface area (Å²) in [6.45, 7) is 10.5. The van der Waals surface area contributed by atoms with E-state index in [-0.39, 0.29) is 41.9 Å². The fourth-order valence-electron chi connectivity index (χ4n) is 4.41. The molecule has 158 valence electrons. The second kappa shape index (κ2) is 7.39. The van der Waals surface area contributed by atoms with E-state index in [0.29, 0.717) is 24.2 Å². The normalized spacial score (nSPS) is 22.6. The minimum absolute atomic E-state index is 0.0343. The van der Waals surface area contributed by atoms with Gasteiger partial charge in [0, 0.05) is 29.5 Å². The van der Waals surface area contributed by atoms with Crippen LogP contribution < -0.4 is 10.1 Å². The molecule has 1 amide bonds. The lowest BCUT2D eigenvalue weighted by atomic mass is 9.66. The summed E-state index contributed by atoms with van der Waals surface area (Å²) in [5, 5.41) is 22.3. The Morgan fingerprint density at radius 1 is 1.28 bits per heavy atom. The number of fused-ring (bicyclic) bond motifs is 3. The smallest absolute Gasteiger partial charge is 0.305 e. The molecule has 0 saturated heterocycles. The molecule has 0 unspecified atom stereocenters. The van der Waals surface area contributed by atoms with Crippen molar-refractivity contribution in [2.75, 3.05) is 6.54 Å². The van der Waals surface area contributed by atoms with Crippen molar-refractivity contribution in [3.8, 4) is 11.5 Å². The third-order valence-electron chi connectivity index (χ3n) is 6.08. The van der Waals surface area contributed by atoms with Crippen molar-refractivity contribution in [2.24, 2.45) is 5.92 Å². The molecule has 1 aliphatic carbocycles. The van der Waals surface area contributed by atoms with Crippen molar-refractivity contribution >= 4 is 11.9 Å². The summed E-state index contributed by atoms with van der Waals surface area (Å²) in [7, 11) is 0. The summed E-state index contributed by atoms with van der Waals surface area (Å²) < 4.78 is 6.34. The molecule has 1 aromatic carbocycles. The van der Waals surface area contributed by atoms with Crippen molar-refractivity contribution in [1.82, 2.24) is 5.32 Å². The van der Waals surface area contributed by atoms with Gasteiger partial charge in [-0.15, -0.1) is 0 Å². The predicted molar refractivity (Wildman–Crippen MR) is 110 cm³/mol. The number of nitrogens with one attached hydrogen (secondary N) is 1. The molecular weight excluding hydrogens is 370 g/mol. The number of aromatic hydroxyl groups is 1. The van der Waals surface area contributed by atoms with Crippen LogP contribution in [0, 0.1) is 5.92 Å². The van der Waals surface area contributed by atoms with Gasteiger partial charge in [0.1, 0.15) is 17.1 Å². The van der Waals surface area contributed by atoms with E-state index in [2.05, 4.69) is 39.9 Å². The number of aliphatic carboxylic acids is 1. The Kier molecular flexibility index (Phi) is 5.41. The molecule has 29 heavy (non-hydrogen) atoms. The Balaban J connectivity index is 1.92. The van der Waals surface area contributed by atoms with E-state index in [1.54, 1.807) is 0 Å². The van der Waals surface area contributed by atoms with Gasteiger partial charge in [0.2, 0.25) is 5.91 Å². The second-order valence-electron chi connectivity index (χ2n) is 9.64. The zero-order valence-electron chi connectivity index (χ0n) is 17.8. The van der Waals surface area contributed by atoms with Crippen LogP contribution in [0.3, 0.4) is 0 Å². The molecule has 0 radical (unpaired) electrons. The van der Waals surface area contributed by atoms with Crippen LogP contribution in [-0.2, 0) is 15.0 Å². The minimum atomic E-state index is -0.942. The van der Waals surface area contributed by atoms with Gasteiger partial charge in [-0.2, -0.15) is 0 Å². The van der Waals surface area contributed by atoms with Crippen molar-refractivity contribution in [3.05, 3.63) is 34.9 Å². The van der Waals surface area contributed by atoms with Crippen LogP contribution in [-0.4, -0.2) is 34.2 Å². The monoisotopic (exact) mass is 401 g/mol. The van der Waals surface area contributed by atoms with E-state index < -0.39 is 11.6 Å². The molecule has 6 heteroatoms. The largest absolute Gasteiger partial charge is 0.508 e. The van der Waals surface area contributed by atoms with Gasteiger partial charge in [-0.3, -0.25) is 9.59 Å². The SMILES string of the molecule is CC(C)(C)c1cc(O)c2c(c1)OC(C)(C)[C@@H]1CC=C(C(=O)NCCC(=O)O)C[C@@H]21. The summed E-state index contributed by atoms with van der Waals surface area (Å²) in [6, 6.07) is 3.82. The zero-order valence-corrected chi connectivity index (χ0v) is 17.8. The number of phenols is 1. The van der Waals surface area contributed by atoms with Crippen molar-refractivity contribution in [1.29, 1.82) is 0 Å². The van der Waals surface area contributed by atoms with Gasteiger partial charge in [-0.05, 0) is 49.8 Å². The predicted octanol–water partition coefficient (Wildman–Crippen LogP) is 3.87. The Bertz CT molecular complexity index is 863. The first-order chi connectivity index (χ1) is 13.4. The molecule has 2 aliphatic rings. The topological polar surface area (TPSA) is 95.9 Å². The number of carbonyl (C=O) groups is 2. The van der Waals surface area contributed by atoms with Crippen LogP contribution in [0.1, 0.15) is 70.9 Å². The highest BCUT2D eigenvalue weighted by Crippen LogP contribution is 2.54. The van der Waals surface area contributed by atoms with E-state index in [9.17, 15) is 14.7 Å². The van der Waals surface area contributed by atoms with E-state index in [1.165, 1.54) is 0 Å². The fourth-order valence-corrected chi connectivity index (χ4v) is 4.41. The molecule has 0 aromatic heterocycles. The highest BCUT2D eigenvalue weighted by Gasteiger charge is 2.47. The lowest BCUT2D eigenvalue weighted by Gasteiger charge is -2.47. The van der Waals surface area contributed by atoms with Crippen molar-refractivity contribution in [2.45, 2.75) is 70.8 Å². The second-order valence-corrected chi connectivity index (χ2v) is 9.64. The maximum absolute atomic E-state index is 12.5. The van der Waals surface area contributed by atoms with Crippen LogP contribution >= 0.6 is 0 Å². The fraction of sp³-hybridized carbons (Fsp3) is 0.565. The van der Waals surface area contributed by atoms with Crippen LogP contribution in [0.25, 0.3) is 0 Å². The van der Waals surface area contributed by atoms with Crippen LogP contribution in [0.2, 0.25) is 0 Å². The molecule has 3 N–H and O–H groups in total. The molecule has 1 aliphatic heterocycles. The van der Waals surface area contributed by atoms with E-state index >= 15 is 0 Å². The van der Waals surface area contributed by atoms with Gasteiger partial charge in [-0.25, -0.2) is 0 Å². The van der Waals surface area contributed by atoms with E-state index in [0.717, 1.165) is 11.1 Å². The average molecular weight is 402 g/mol. The molecule has 6 nitrogen and oxygen atoms in total. The number of phenolic OH excluding ortho intramolecular Hbond substituents is 1. The average Bonchev–Trinajstić information content (AvgIpc) is 2.59. The molecule has 0 spiro atoms. The number of carbonyl (C=O) groups excluding carboxylic acids is 1. The van der Waals surface area contributed by atoms with E-state index in [4.69, 9.17) is 9.84 Å². The highest BCUT2D eigenvalue weighted by atomic mass is 16.5. The minimum Gasteiger partial charge on any atom is -0.508 e. The quantitative estimate of drug-likeness (QED) is 0.712. The van der Waals surface area contributed by atoms with Crippen LogP contribution in [0.4, 0.5) is 0 Å². The third-order valence-corrected chi connectivity index (χ3v) is 6.08. The molecule has 2 atom stereocenters. The van der Waals surface area contributed by atoms with Gasteiger partial charge in [0.05, 0.1) is 6.42 Å². The number of ether oxygens (including phenoxy) is 1. The van der Waals surface area contributed by atoms with Gasteiger partial charge in [0.25, 0.3) is 0 Å². The number of hydrogen-bond donors (Lipinski definition) is 3. The first-order valence-corrected chi connectivity index (χ1v) is 10.2. The molecular formula is C23H31NO5. The zero-order chi connectivity index (χ0) is 21.6. The third kappa shape index (κ3) is 4.26. The Morgan fingerprint density at radius 3 is 2.59 bits per heavy atom. The lowest BCUT2D eigenvalue weighted by Crippen LogP contribution is -2.46. The molecule has 1 heterocycles. The van der Waals surface area contributed by atoms with Gasteiger partial charge in [-0.1, -0.05) is 26.8 Å². The number of allylic oxidation sites excluding steroid dienone is 1. The number of carboxylic acids is 1. The Morgan fingerprint density at radius 2 is 1.97 bits per heavy atom. The molecule has 3 rings (SSSR count). The first kappa shape index (κ1) is 21.2. The number of benzene rings is 1. The maximum Gasteiger partial charge on any atom is 0.305 e. The summed E-state index contributed by atoms with van der Waals surface area (Å²) >= 11 is 0. The molecule has 1 aromatic rings. The number of hydrogen-bond acceptors (Lipinski definition) is 4. The van der Waals surface area contributed by atoms with Crippen LogP contribution in [0.5, 0.6) is 11.5 Å². The number of rotatable bonds is 4. The maximum atomic E-state index is 12.5.